The van der Waals surface area contributed by atoms with Gasteiger partial charge < -0.3 is 10.0 Å². The number of allylic oxidation sites excluding steroid dienone is 6. The lowest BCUT2D eigenvalue weighted by atomic mass is 10.0. The van der Waals surface area contributed by atoms with Crippen molar-refractivity contribution in [1.82, 2.24) is 25.1 Å². The van der Waals surface area contributed by atoms with Crippen LogP contribution in [0.15, 0.2) is 41.7 Å². The van der Waals surface area contributed by atoms with Crippen molar-refractivity contribution in [1.29, 1.82) is 0 Å². The van der Waals surface area contributed by atoms with Gasteiger partial charge in [0.1, 0.15) is 0 Å². The average molecular weight is 468 g/mol. The molecule has 1 aromatic rings. The van der Waals surface area contributed by atoms with Crippen LogP contribution in [0.25, 0.3) is 6.20 Å². The van der Waals surface area contributed by atoms with Gasteiger partial charge in [0, 0.05) is 18.6 Å². The van der Waals surface area contributed by atoms with Crippen LogP contribution in [0.4, 0.5) is 0 Å². The Hall–Kier alpha value is -2.41. The number of tetrazole rings is 1. The zero-order chi connectivity index (χ0) is 24.9. The van der Waals surface area contributed by atoms with Crippen LogP contribution in [0.2, 0.25) is 0 Å². The first-order valence-electron chi connectivity index (χ1n) is 11.4. The second kappa shape index (κ2) is 20.5. The molecule has 1 aliphatic rings. The van der Waals surface area contributed by atoms with Crippen molar-refractivity contribution in [3.05, 3.63) is 47.5 Å². The fourth-order valence-corrected chi connectivity index (χ4v) is 2.60. The highest BCUT2D eigenvalue weighted by atomic mass is 35.5. The molecule has 182 valence electrons. The third-order valence-electron chi connectivity index (χ3n) is 4.21. The summed E-state index contributed by atoms with van der Waals surface area (Å²) in [5.41, 5.74) is 0.824. The van der Waals surface area contributed by atoms with Crippen LogP contribution in [0, 0.1) is 0 Å². The highest BCUT2D eigenvalue weighted by Crippen LogP contribution is 2.29. The molecule has 1 aromatic heterocycles. The number of halogens is 1. The number of carbonyl (C=O) groups is 1. The molecule has 1 atom stereocenters. The molecule has 0 spiro atoms. The van der Waals surface area contributed by atoms with Crippen molar-refractivity contribution < 1.29 is 9.90 Å². The molecular formula is C24H42ClN5O2. The maximum absolute atomic E-state index is 12.6. The minimum absolute atomic E-state index is 0.271. The number of hydrogen-bond donors (Lipinski definition) is 1. The summed E-state index contributed by atoms with van der Waals surface area (Å²) < 4.78 is 0. The zero-order valence-corrected chi connectivity index (χ0v) is 21.8. The summed E-state index contributed by atoms with van der Waals surface area (Å²) in [6.45, 7) is 16.2. The lowest BCUT2D eigenvalue weighted by Gasteiger charge is -2.33. The molecule has 0 saturated carbocycles. The summed E-state index contributed by atoms with van der Waals surface area (Å²) in [7, 11) is 0. The summed E-state index contributed by atoms with van der Waals surface area (Å²) in [5, 5.41) is 22.4. The molecule has 1 N–H and O–H groups in total. The highest BCUT2D eigenvalue weighted by molar-refractivity contribution is 6.19. The third kappa shape index (κ3) is 11.8. The summed E-state index contributed by atoms with van der Waals surface area (Å²) in [6.07, 6.45) is 13.2. The van der Waals surface area contributed by atoms with Gasteiger partial charge in [-0.15, -0.1) is 26.6 Å². The summed E-state index contributed by atoms with van der Waals surface area (Å²) in [5.74, 6) is 0.145. The second-order valence-corrected chi connectivity index (χ2v) is 6.55. The normalized spacial score (nSPS) is 16.5. The van der Waals surface area contributed by atoms with E-state index in [0.29, 0.717) is 18.2 Å². The van der Waals surface area contributed by atoms with Crippen LogP contribution in [0.5, 0.6) is 0 Å². The number of aliphatic hydroxyl groups is 1. The van der Waals surface area contributed by atoms with Gasteiger partial charge in [-0.2, -0.15) is 0 Å². The Balaban J connectivity index is 0. The molecule has 8 heteroatoms. The van der Waals surface area contributed by atoms with Crippen LogP contribution in [0.3, 0.4) is 0 Å². The first-order chi connectivity index (χ1) is 15.5. The summed E-state index contributed by atoms with van der Waals surface area (Å²) in [6, 6.07) is -0.286. The van der Waals surface area contributed by atoms with Gasteiger partial charge in [-0.05, 0) is 64.3 Å². The smallest absolute Gasteiger partial charge is 0.289 e. The number of likely N-dealkylation sites (tertiary alicyclic amines) is 1. The molecule has 7 nitrogen and oxygen atoms in total. The minimum Gasteiger partial charge on any atom is -0.503 e. The third-order valence-corrected chi connectivity index (χ3v) is 4.38. The average Bonchev–Trinajstić information content (AvgIpc) is 3.33. The van der Waals surface area contributed by atoms with Gasteiger partial charge in [0.15, 0.2) is 11.6 Å². The number of aromatic nitrogens is 4. The fourth-order valence-electron chi connectivity index (χ4n) is 2.52. The Morgan fingerprint density at radius 1 is 1.16 bits per heavy atom. The van der Waals surface area contributed by atoms with Crippen molar-refractivity contribution >= 4 is 23.7 Å². The Labute approximate surface area is 199 Å². The largest absolute Gasteiger partial charge is 0.503 e. The van der Waals surface area contributed by atoms with Gasteiger partial charge in [-0.3, -0.25) is 4.79 Å². The highest BCUT2D eigenvalue weighted by Gasteiger charge is 2.32. The maximum atomic E-state index is 12.6. The minimum atomic E-state index is -0.409. The Kier molecular flexibility index (Phi) is 20.3. The quantitative estimate of drug-likeness (QED) is 0.176. The molecule has 32 heavy (non-hydrogen) atoms. The van der Waals surface area contributed by atoms with E-state index in [1.54, 1.807) is 17.2 Å². The van der Waals surface area contributed by atoms with E-state index in [1.807, 2.05) is 73.6 Å². The molecule has 0 bridgehead atoms. The van der Waals surface area contributed by atoms with Crippen molar-refractivity contribution in [2.75, 3.05) is 12.4 Å². The van der Waals surface area contributed by atoms with Gasteiger partial charge >= 0.3 is 0 Å². The Bertz CT molecular complexity index is 735. The summed E-state index contributed by atoms with van der Waals surface area (Å²) >= 11 is 5.59. The van der Waals surface area contributed by atoms with Crippen LogP contribution < -0.4 is 0 Å². The number of carbonyl (C=O) groups excluding carboxylic acids is 1. The second-order valence-electron chi connectivity index (χ2n) is 6.25. The molecule has 1 aliphatic heterocycles. The number of nitrogens with zero attached hydrogens (tertiary/aromatic N) is 5. The van der Waals surface area contributed by atoms with Crippen LogP contribution in [-0.2, 0) is 4.79 Å². The molecule has 2 heterocycles. The predicted octanol–water partition coefficient (Wildman–Crippen LogP) is 6.48. The topological polar surface area (TPSA) is 84.1 Å². The molecule has 2 rings (SSSR count). The van der Waals surface area contributed by atoms with E-state index in [2.05, 4.69) is 15.4 Å². The van der Waals surface area contributed by atoms with E-state index in [0.717, 1.165) is 24.8 Å². The number of amides is 1. The molecule has 1 unspecified atom stereocenters. The van der Waals surface area contributed by atoms with E-state index in [-0.39, 0.29) is 11.8 Å². The zero-order valence-electron chi connectivity index (χ0n) is 21.0. The number of piperidine rings is 1. The molecule has 0 aliphatic carbocycles. The maximum Gasteiger partial charge on any atom is 0.289 e. The van der Waals surface area contributed by atoms with Crippen LogP contribution >= 0.6 is 11.6 Å². The number of hydrogen-bond acceptors (Lipinski definition) is 5. The molecule has 0 radical (unpaired) electrons. The lowest BCUT2D eigenvalue weighted by Crippen LogP contribution is -2.39. The molecular weight excluding hydrogens is 426 g/mol. The SMILES string of the molecule is C/C=C(C)\C=C(/O)C(=O)N1CCCCC1c1nnn(/C=C/CCl)n1.C/C=C\C.CC.CC. The number of aliphatic hydroxyl groups excluding tert-OH is 1. The number of rotatable bonds is 5. The van der Waals surface area contributed by atoms with E-state index in [1.165, 1.54) is 10.9 Å². The molecule has 1 amide bonds. The first-order valence-corrected chi connectivity index (χ1v) is 12.0. The monoisotopic (exact) mass is 467 g/mol. The van der Waals surface area contributed by atoms with Crippen molar-refractivity contribution in [2.24, 2.45) is 0 Å². The standard InChI is InChI=1S/C16H22ClN5O2.C4H8.2C2H6/c1-3-12(2)11-14(23)16(24)21-9-5-4-7-13(21)15-18-20-22(19-15)10-6-8-17;1-3-4-2;2*1-2/h3,6,10-11,13,23H,4-5,7-9H2,1-2H3;3-4H,1-2H3;2*1-2H3/b10-6+,12-3-,14-11-;4-3-;;. The van der Waals surface area contributed by atoms with E-state index in [4.69, 9.17) is 11.6 Å². The summed E-state index contributed by atoms with van der Waals surface area (Å²) in [4.78, 5) is 15.5. The number of alkyl halides is 1. The predicted molar refractivity (Wildman–Crippen MR) is 135 cm³/mol. The van der Waals surface area contributed by atoms with Gasteiger partial charge in [0.2, 0.25) is 0 Å². The van der Waals surface area contributed by atoms with Crippen LogP contribution in [-0.4, -0.2) is 48.5 Å². The van der Waals surface area contributed by atoms with E-state index in [9.17, 15) is 9.90 Å². The fraction of sp³-hybridized carbons (Fsp3) is 0.583. The van der Waals surface area contributed by atoms with Gasteiger partial charge in [0.25, 0.3) is 5.91 Å². The van der Waals surface area contributed by atoms with Gasteiger partial charge in [0.05, 0.1) is 6.04 Å². The molecule has 0 aromatic carbocycles. The van der Waals surface area contributed by atoms with Crippen molar-refractivity contribution in [3.8, 4) is 0 Å². The van der Waals surface area contributed by atoms with E-state index >= 15 is 0 Å². The Morgan fingerprint density at radius 3 is 2.31 bits per heavy atom. The van der Waals surface area contributed by atoms with Crippen molar-refractivity contribution in [2.45, 2.75) is 80.7 Å². The van der Waals surface area contributed by atoms with E-state index < -0.39 is 5.91 Å². The van der Waals surface area contributed by atoms with Gasteiger partial charge in [-0.25, -0.2) is 0 Å². The van der Waals surface area contributed by atoms with Crippen molar-refractivity contribution in [3.63, 3.8) is 0 Å². The van der Waals surface area contributed by atoms with Crippen LogP contribution in [0.1, 0.15) is 86.5 Å². The molecule has 1 saturated heterocycles. The Morgan fingerprint density at radius 2 is 1.78 bits per heavy atom. The molecule has 1 fully saturated rings. The first kappa shape index (κ1) is 31.8. The van der Waals surface area contributed by atoms with Gasteiger partial charge in [-0.1, -0.05) is 51.5 Å². The lowest BCUT2D eigenvalue weighted by molar-refractivity contribution is -0.133.